The molecule has 0 radical (unpaired) electrons. The zero-order chi connectivity index (χ0) is 13.0. The van der Waals surface area contributed by atoms with Gasteiger partial charge in [0.05, 0.1) is 13.2 Å². The van der Waals surface area contributed by atoms with E-state index >= 15 is 0 Å². The van der Waals surface area contributed by atoms with E-state index in [1.165, 1.54) is 6.07 Å². The van der Waals surface area contributed by atoms with Crippen molar-refractivity contribution in [2.24, 2.45) is 0 Å². The average molecular weight is 246 g/mol. The summed E-state index contributed by atoms with van der Waals surface area (Å²) < 4.78 is 19.1. The number of nitrogens with zero attached hydrogens (tertiary/aromatic N) is 1. The number of pyridine rings is 1. The highest BCUT2D eigenvalue weighted by atomic mass is 19.1. The Hall–Kier alpha value is -1.94. The van der Waals surface area contributed by atoms with Crippen LogP contribution in [0.2, 0.25) is 0 Å². The van der Waals surface area contributed by atoms with E-state index in [2.05, 4.69) is 10.3 Å². The van der Waals surface area contributed by atoms with Crippen LogP contribution in [0.5, 0.6) is 5.88 Å². The lowest BCUT2D eigenvalue weighted by Crippen LogP contribution is -2.20. The monoisotopic (exact) mass is 246 g/mol. The maximum Gasteiger partial charge on any atom is 0.218 e. The second-order valence-electron chi connectivity index (χ2n) is 3.85. The molecular formula is C14H15FN2O. The van der Waals surface area contributed by atoms with Crippen LogP contribution in [0.4, 0.5) is 4.39 Å². The standard InChI is InChI=1S/C14H15FN2O/c1-16-13(10-6-3-4-8-12(10)15)11-7-5-9-17-14(11)18-2/h3-9,13,16H,1-2H3. The van der Waals surface area contributed by atoms with Crippen LogP contribution in [0.1, 0.15) is 17.2 Å². The molecule has 4 heteroatoms. The maximum absolute atomic E-state index is 13.8. The fourth-order valence-corrected chi connectivity index (χ4v) is 1.98. The largest absolute Gasteiger partial charge is 0.481 e. The molecule has 18 heavy (non-hydrogen) atoms. The number of nitrogens with one attached hydrogen (secondary N) is 1. The first-order valence-corrected chi connectivity index (χ1v) is 5.68. The molecular weight excluding hydrogens is 231 g/mol. The summed E-state index contributed by atoms with van der Waals surface area (Å²) >= 11 is 0. The van der Waals surface area contributed by atoms with Crippen LogP contribution in [0.25, 0.3) is 0 Å². The molecule has 1 aromatic heterocycles. The van der Waals surface area contributed by atoms with Crippen LogP contribution >= 0.6 is 0 Å². The number of ether oxygens (including phenoxy) is 1. The molecule has 0 saturated heterocycles. The summed E-state index contributed by atoms with van der Waals surface area (Å²) in [5, 5.41) is 3.09. The first kappa shape index (κ1) is 12.5. The van der Waals surface area contributed by atoms with E-state index in [1.54, 1.807) is 32.5 Å². The van der Waals surface area contributed by atoms with Gasteiger partial charge in [-0.05, 0) is 19.2 Å². The molecule has 1 unspecified atom stereocenters. The molecule has 0 fully saturated rings. The van der Waals surface area contributed by atoms with Crippen molar-refractivity contribution in [3.8, 4) is 5.88 Å². The summed E-state index contributed by atoms with van der Waals surface area (Å²) in [4.78, 5) is 4.14. The van der Waals surface area contributed by atoms with Gasteiger partial charge in [-0.2, -0.15) is 0 Å². The lowest BCUT2D eigenvalue weighted by molar-refractivity contribution is 0.387. The normalized spacial score (nSPS) is 12.2. The molecule has 0 aliphatic carbocycles. The molecule has 0 aliphatic heterocycles. The van der Waals surface area contributed by atoms with Gasteiger partial charge in [0.1, 0.15) is 5.82 Å². The Balaban J connectivity index is 2.49. The lowest BCUT2D eigenvalue weighted by atomic mass is 9.99. The SMILES string of the molecule is CNC(c1ccccc1F)c1cccnc1OC. The summed E-state index contributed by atoms with van der Waals surface area (Å²) in [5.74, 6) is 0.253. The highest BCUT2D eigenvalue weighted by Crippen LogP contribution is 2.29. The van der Waals surface area contributed by atoms with Gasteiger partial charge in [0, 0.05) is 17.3 Å². The Morgan fingerprint density at radius 2 is 1.89 bits per heavy atom. The Bertz CT molecular complexity index is 531. The summed E-state index contributed by atoms with van der Waals surface area (Å²) in [6.07, 6.45) is 1.65. The zero-order valence-electron chi connectivity index (χ0n) is 10.4. The molecule has 1 N–H and O–H groups in total. The minimum Gasteiger partial charge on any atom is -0.481 e. The van der Waals surface area contributed by atoms with Crippen LogP contribution in [-0.4, -0.2) is 19.1 Å². The fourth-order valence-electron chi connectivity index (χ4n) is 1.98. The van der Waals surface area contributed by atoms with E-state index in [9.17, 15) is 4.39 Å². The van der Waals surface area contributed by atoms with Crippen LogP contribution in [0, 0.1) is 5.82 Å². The highest BCUT2D eigenvalue weighted by molar-refractivity contribution is 5.37. The molecule has 2 rings (SSSR count). The van der Waals surface area contributed by atoms with Gasteiger partial charge < -0.3 is 10.1 Å². The predicted octanol–water partition coefficient (Wildman–Crippen LogP) is 2.54. The molecule has 1 aromatic carbocycles. The summed E-state index contributed by atoms with van der Waals surface area (Å²) in [6, 6.07) is 10.1. The van der Waals surface area contributed by atoms with E-state index < -0.39 is 0 Å². The Kier molecular flexibility index (Phi) is 3.89. The van der Waals surface area contributed by atoms with Gasteiger partial charge in [0.25, 0.3) is 0 Å². The molecule has 2 aromatic rings. The van der Waals surface area contributed by atoms with E-state index in [1.807, 2.05) is 18.2 Å². The second kappa shape index (κ2) is 5.60. The van der Waals surface area contributed by atoms with Crippen LogP contribution in [-0.2, 0) is 0 Å². The van der Waals surface area contributed by atoms with Gasteiger partial charge in [-0.15, -0.1) is 0 Å². The Morgan fingerprint density at radius 3 is 2.56 bits per heavy atom. The quantitative estimate of drug-likeness (QED) is 0.900. The minimum absolute atomic E-state index is 0.247. The van der Waals surface area contributed by atoms with Crippen LogP contribution in [0.3, 0.4) is 0 Å². The number of methoxy groups -OCH3 is 1. The van der Waals surface area contributed by atoms with Gasteiger partial charge >= 0.3 is 0 Å². The Labute approximate surface area is 106 Å². The second-order valence-corrected chi connectivity index (χ2v) is 3.85. The summed E-state index contributed by atoms with van der Waals surface area (Å²) in [7, 11) is 3.34. The molecule has 94 valence electrons. The molecule has 0 bridgehead atoms. The number of aromatic nitrogens is 1. The molecule has 1 heterocycles. The summed E-state index contributed by atoms with van der Waals surface area (Å²) in [5.41, 5.74) is 1.39. The molecule has 3 nitrogen and oxygen atoms in total. The van der Waals surface area contributed by atoms with Crippen LogP contribution in [0.15, 0.2) is 42.6 Å². The number of halogens is 1. The molecule has 0 saturated carbocycles. The van der Waals surface area contributed by atoms with E-state index in [0.717, 1.165) is 5.56 Å². The smallest absolute Gasteiger partial charge is 0.218 e. The van der Waals surface area contributed by atoms with Gasteiger partial charge in [0.2, 0.25) is 5.88 Å². The van der Waals surface area contributed by atoms with Crippen LogP contribution < -0.4 is 10.1 Å². The van der Waals surface area contributed by atoms with Crippen molar-refractivity contribution < 1.29 is 9.13 Å². The van der Waals surface area contributed by atoms with Crippen molar-refractivity contribution in [2.75, 3.05) is 14.2 Å². The van der Waals surface area contributed by atoms with E-state index in [4.69, 9.17) is 4.74 Å². The van der Waals surface area contributed by atoms with E-state index in [-0.39, 0.29) is 11.9 Å². The first-order valence-electron chi connectivity index (χ1n) is 5.68. The number of hydrogen-bond acceptors (Lipinski definition) is 3. The number of rotatable bonds is 4. The summed E-state index contributed by atoms with van der Waals surface area (Å²) in [6.45, 7) is 0. The maximum atomic E-state index is 13.8. The third-order valence-electron chi connectivity index (χ3n) is 2.81. The fraction of sp³-hybridized carbons (Fsp3) is 0.214. The van der Waals surface area contributed by atoms with Crippen molar-refractivity contribution in [2.45, 2.75) is 6.04 Å². The van der Waals surface area contributed by atoms with Crippen molar-refractivity contribution >= 4 is 0 Å². The molecule has 0 aliphatic rings. The van der Waals surface area contributed by atoms with Gasteiger partial charge in [-0.25, -0.2) is 9.37 Å². The van der Waals surface area contributed by atoms with Gasteiger partial charge in [0.15, 0.2) is 0 Å². The third-order valence-corrected chi connectivity index (χ3v) is 2.81. The van der Waals surface area contributed by atoms with Crippen molar-refractivity contribution in [3.05, 3.63) is 59.5 Å². The Morgan fingerprint density at radius 1 is 1.17 bits per heavy atom. The zero-order valence-corrected chi connectivity index (χ0v) is 10.4. The highest BCUT2D eigenvalue weighted by Gasteiger charge is 2.19. The third kappa shape index (κ3) is 2.33. The van der Waals surface area contributed by atoms with E-state index in [0.29, 0.717) is 11.4 Å². The molecule has 1 atom stereocenters. The molecule has 0 amide bonds. The minimum atomic E-state index is -0.283. The van der Waals surface area contributed by atoms with Crippen molar-refractivity contribution in [3.63, 3.8) is 0 Å². The van der Waals surface area contributed by atoms with Crippen molar-refractivity contribution in [1.29, 1.82) is 0 Å². The number of benzene rings is 1. The van der Waals surface area contributed by atoms with Gasteiger partial charge in [-0.1, -0.05) is 24.3 Å². The first-order chi connectivity index (χ1) is 8.77. The lowest BCUT2D eigenvalue weighted by Gasteiger charge is -2.19. The molecule has 0 spiro atoms. The topological polar surface area (TPSA) is 34.2 Å². The average Bonchev–Trinajstić information content (AvgIpc) is 2.42. The van der Waals surface area contributed by atoms with Gasteiger partial charge in [-0.3, -0.25) is 0 Å². The van der Waals surface area contributed by atoms with Crippen molar-refractivity contribution in [1.82, 2.24) is 10.3 Å². The predicted molar refractivity (Wildman–Crippen MR) is 68.1 cm³/mol. The number of hydrogen-bond donors (Lipinski definition) is 1.